The lowest BCUT2D eigenvalue weighted by Gasteiger charge is -2.31. The average Bonchev–Trinajstić information content (AvgIpc) is 2.37. The number of nitrogens with one attached hydrogen (secondary N) is 1. The molecule has 1 N–H and O–H groups in total. The van der Waals surface area contributed by atoms with Crippen LogP contribution in [0.4, 0.5) is 11.4 Å². The number of piperidine rings is 1. The number of carbonyl (C=O) groups is 1. The molecule has 0 unspecified atom stereocenters. The summed E-state index contributed by atoms with van der Waals surface area (Å²) in [6.07, 6.45) is 4.20. The van der Waals surface area contributed by atoms with Crippen molar-refractivity contribution in [3.63, 3.8) is 0 Å². The minimum atomic E-state index is -0.0199. The maximum atomic E-state index is 12.2. The van der Waals surface area contributed by atoms with E-state index < -0.39 is 0 Å². The predicted molar refractivity (Wildman–Crippen MR) is 90.2 cm³/mol. The largest absolute Gasteiger partial charge is 0.370 e. The summed E-state index contributed by atoms with van der Waals surface area (Å²) in [6.45, 7) is 8.29. The molecule has 3 nitrogen and oxygen atoms in total. The van der Waals surface area contributed by atoms with Crippen LogP contribution in [0.25, 0.3) is 0 Å². The summed E-state index contributed by atoms with van der Waals surface area (Å²) in [5.41, 5.74) is 1.90. The quantitative estimate of drug-likeness (QED) is 0.877. The van der Waals surface area contributed by atoms with E-state index in [1.807, 2.05) is 18.2 Å². The Kier molecular flexibility index (Phi) is 5.15. The van der Waals surface area contributed by atoms with E-state index >= 15 is 0 Å². The summed E-state index contributed by atoms with van der Waals surface area (Å²) in [7, 11) is 0. The molecule has 0 aromatic heterocycles. The molecule has 4 heteroatoms. The number of hydrogen-bond donors (Lipinski definition) is 1. The fourth-order valence-electron chi connectivity index (χ4n) is 2.70. The van der Waals surface area contributed by atoms with Crippen LogP contribution in [-0.4, -0.2) is 19.0 Å². The Morgan fingerprint density at radius 1 is 1.24 bits per heavy atom. The van der Waals surface area contributed by atoms with Gasteiger partial charge in [-0.15, -0.1) is 0 Å². The van der Waals surface area contributed by atoms with Crippen molar-refractivity contribution in [2.45, 2.75) is 46.5 Å². The number of nitrogens with zero attached hydrogens (tertiary/aromatic N) is 1. The first-order valence-corrected chi connectivity index (χ1v) is 8.07. The van der Waals surface area contributed by atoms with Gasteiger partial charge in [0.05, 0.1) is 11.4 Å². The lowest BCUT2D eigenvalue weighted by Crippen LogP contribution is -2.30. The number of anilines is 2. The molecule has 1 aliphatic rings. The van der Waals surface area contributed by atoms with Crippen LogP contribution >= 0.6 is 11.6 Å². The van der Waals surface area contributed by atoms with Crippen LogP contribution in [0.2, 0.25) is 5.02 Å². The highest BCUT2D eigenvalue weighted by molar-refractivity contribution is 6.31. The smallest absolute Gasteiger partial charge is 0.224 e. The van der Waals surface area contributed by atoms with Gasteiger partial charge in [-0.25, -0.2) is 0 Å². The molecule has 2 rings (SSSR count). The van der Waals surface area contributed by atoms with Gasteiger partial charge < -0.3 is 10.2 Å². The molecule has 1 amide bonds. The second-order valence-electron chi connectivity index (χ2n) is 6.99. The molecule has 0 spiro atoms. The Balaban J connectivity index is 2.17. The van der Waals surface area contributed by atoms with Crippen LogP contribution in [-0.2, 0) is 4.79 Å². The third-order valence-electron chi connectivity index (χ3n) is 3.62. The monoisotopic (exact) mass is 308 g/mol. The highest BCUT2D eigenvalue weighted by atomic mass is 35.5. The normalized spacial score (nSPS) is 15.9. The van der Waals surface area contributed by atoms with E-state index in [1.165, 1.54) is 19.3 Å². The van der Waals surface area contributed by atoms with Crippen LogP contribution < -0.4 is 10.2 Å². The summed E-state index contributed by atoms with van der Waals surface area (Å²) in [4.78, 5) is 14.5. The van der Waals surface area contributed by atoms with Gasteiger partial charge in [0.25, 0.3) is 0 Å². The Bertz CT molecular complexity index is 502. The molecule has 1 heterocycles. The standard InChI is InChI=1S/C17H25ClN2O/c1-17(2,3)12-16(21)19-14-11-13(18)7-8-15(14)20-9-5-4-6-10-20/h7-8,11H,4-6,9-10,12H2,1-3H3,(H,19,21). The number of amides is 1. The third-order valence-corrected chi connectivity index (χ3v) is 3.86. The average molecular weight is 309 g/mol. The number of carbonyl (C=O) groups excluding carboxylic acids is 1. The molecule has 1 aromatic carbocycles. The van der Waals surface area contributed by atoms with Crippen molar-refractivity contribution in [3.05, 3.63) is 23.2 Å². The van der Waals surface area contributed by atoms with Gasteiger partial charge in [-0.3, -0.25) is 4.79 Å². The van der Waals surface area contributed by atoms with Gasteiger partial charge in [0, 0.05) is 24.5 Å². The molecule has 1 fully saturated rings. The molecule has 0 aliphatic carbocycles. The maximum absolute atomic E-state index is 12.2. The van der Waals surface area contributed by atoms with Gasteiger partial charge in [-0.05, 0) is 42.9 Å². The molecule has 0 atom stereocenters. The topological polar surface area (TPSA) is 32.3 Å². The summed E-state index contributed by atoms with van der Waals surface area (Å²) in [6, 6.07) is 5.76. The molecular formula is C17H25ClN2O. The van der Waals surface area contributed by atoms with Gasteiger partial charge >= 0.3 is 0 Å². The third kappa shape index (κ3) is 4.92. The second-order valence-corrected chi connectivity index (χ2v) is 7.43. The van der Waals surface area contributed by atoms with Crippen molar-refractivity contribution in [2.75, 3.05) is 23.3 Å². The first kappa shape index (κ1) is 16.2. The Morgan fingerprint density at radius 2 is 1.90 bits per heavy atom. The molecule has 116 valence electrons. The Labute approximate surface area is 132 Å². The number of hydrogen-bond acceptors (Lipinski definition) is 2. The molecule has 1 aliphatic heterocycles. The summed E-state index contributed by atoms with van der Waals surface area (Å²) >= 11 is 6.10. The highest BCUT2D eigenvalue weighted by Gasteiger charge is 2.19. The SMILES string of the molecule is CC(C)(C)CC(=O)Nc1cc(Cl)ccc1N1CCCCC1. The summed E-state index contributed by atoms with van der Waals surface area (Å²) in [5, 5.41) is 3.69. The fourth-order valence-corrected chi connectivity index (χ4v) is 2.87. The van der Waals surface area contributed by atoms with E-state index in [9.17, 15) is 4.79 Å². The minimum absolute atomic E-state index is 0.0199. The van der Waals surface area contributed by atoms with Crippen molar-refractivity contribution in [1.29, 1.82) is 0 Å². The molecule has 0 saturated carbocycles. The summed E-state index contributed by atoms with van der Waals surface area (Å²) in [5.74, 6) is 0.0445. The van der Waals surface area contributed by atoms with E-state index in [-0.39, 0.29) is 11.3 Å². The zero-order valence-corrected chi connectivity index (χ0v) is 14.0. The lowest BCUT2D eigenvalue weighted by atomic mass is 9.92. The van der Waals surface area contributed by atoms with Crippen molar-refractivity contribution in [2.24, 2.45) is 5.41 Å². The van der Waals surface area contributed by atoms with Gasteiger partial charge in [-0.2, -0.15) is 0 Å². The van der Waals surface area contributed by atoms with Crippen LogP contribution in [0, 0.1) is 5.41 Å². The van der Waals surface area contributed by atoms with Crippen molar-refractivity contribution >= 4 is 28.9 Å². The molecule has 1 aromatic rings. The first-order chi connectivity index (χ1) is 9.85. The number of rotatable bonds is 3. The highest BCUT2D eigenvalue weighted by Crippen LogP contribution is 2.32. The van der Waals surface area contributed by atoms with Crippen LogP contribution in [0.3, 0.4) is 0 Å². The molecule has 0 bridgehead atoms. The van der Waals surface area contributed by atoms with E-state index in [1.54, 1.807) is 0 Å². The van der Waals surface area contributed by atoms with Crippen molar-refractivity contribution in [3.8, 4) is 0 Å². The van der Waals surface area contributed by atoms with Gasteiger partial charge in [-0.1, -0.05) is 32.4 Å². The number of benzene rings is 1. The predicted octanol–water partition coefficient (Wildman–Crippen LogP) is 4.71. The van der Waals surface area contributed by atoms with Crippen molar-refractivity contribution in [1.82, 2.24) is 0 Å². The second kappa shape index (κ2) is 6.69. The van der Waals surface area contributed by atoms with Gasteiger partial charge in [0.15, 0.2) is 0 Å². The van der Waals surface area contributed by atoms with E-state index in [0.717, 1.165) is 24.5 Å². The van der Waals surface area contributed by atoms with Crippen LogP contribution in [0.5, 0.6) is 0 Å². The molecule has 0 radical (unpaired) electrons. The zero-order chi connectivity index (χ0) is 15.5. The Morgan fingerprint density at radius 3 is 2.52 bits per heavy atom. The zero-order valence-electron chi connectivity index (χ0n) is 13.2. The van der Waals surface area contributed by atoms with Crippen molar-refractivity contribution < 1.29 is 4.79 Å². The Hall–Kier alpha value is -1.22. The molecule has 1 saturated heterocycles. The van der Waals surface area contributed by atoms with Gasteiger partial charge in [0.1, 0.15) is 0 Å². The number of halogens is 1. The molecule has 21 heavy (non-hydrogen) atoms. The maximum Gasteiger partial charge on any atom is 0.224 e. The molecular weight excluding hydrogens is 284 g/mol. The lowest BCUT2D eigenvalue weighted by molar-refractivity contribution is -0.117. The minimum Gasteiger partial charge on any atom is -0.370 e. The van der Waals surface area contributed by atoms with E-state index in [0.29, 0.717) is 11.4 Å². The first-order valence-electron chi connectivity index (χ1n) is 7.69. The van der Waals surface area contributed by atoms with Crippen LogP contribution in [0.15, 0.2) is 18.2 Å². The summed E-state index contributed by atoms with van der Waals surface area (Å²) < 4.78 is 0. The fraction of sp³-hybridized carbons (Fsp3) is 0.588. The van der Waals surface area contributed by atoms with E-state index in [4.69, 9.17) is 11.6 Å². The van der Waals surface area contributed by atoms with E-state index in [2.05, 4.69) is 31.0 Å². The van der Waals surface area contributed by atoms with Gasteiger partial charge in [0.2, 0.25) is 5.91 Å². The van der Waals surface area contributed by atoms with Crippen LogP contribution in [0.1, 0.15) is 46.5 Å².